The van der Waals surface area contributed by atoms with Crippen molar-refractivity contribution in [1.29, 1.82) is 0 Å². The van der Waals surface area contributed by atoms with Crippen LogP contribution in [0.1, 0.15) is 23.5 Å². The van der Waals surface area contributed by atoms with E-state index in [4.69, 9.17) is 0 Å². The minimum absolute atomic E-state index is 0.0723. The summed E-state index contributed by atoms with van der Waals surface area (Å²) in [5, 5.41) is 7.59. The van der Waals surface area contributed by atoms with Gasteiger partial charge in [0.15, 0.2) is 5.82 Å². The molecule has 1 saturated heterocycles. The van der Waals surface area contributed by atoms with Gasteiger partial charge in [0.1, 0.15) is 0 Å². The predicted octanol–water partition coefficient (Wildman–Crippen LogP) is 1.97. The molecule has 2 amide bonds. The van der Waals surface area contributed by atoms with Gasteiger partial charge in [-0.1, -0.05) is 48.5 Å². The van der Waals surface area contributed by atoms with Crippen LogP contribution in [0.25, 0.3) is 17.1 Å². The molecule has 3 aromatic rings. The number of nitrogens with zero attached hydrogens (tertiary/aromatic N) is 5. The summed E-state index contributed by atoms with van der Waals surface area (Å²) in [5.41, 5.74) is 1.75. The van der Waals surface area contributed by atoms with Crippen LogP contribution in [0.5, 0.6) is 0 Å². The molecule has 32 heavy (non-hydrogen) atoms. The van der Waals surface area contributed by atoms with Gasteiger partial charge in [0.25, 0.3) is 5.91 Å². The molecule has 1 N–H and O–H groups in total. The Morgan fingerprint density at radius 3 is 2.22 bits per heavy atom. The molecule has 2 aliphatic rings. The van der Waals surface area contributed by atoms with Gasteiger partial charge in [-0.05, 0) is 25.0 Å². The molecular weight excluding hydrogens is 404 g/mol. The van der Waals surface area contributed by atoms with Crippen molar-refractivity contribution in [2.45, 2.75) is 18.9 Å². The summed E-state index contributed by atoms with van der Waals surface area (Å²) < 4.78 is 1.72. The molecule has 1 aromatic heterocycles. The van der Waals surface area contributed by atoms with E-state index in [0.29, 0.717) is 44.6 Å². The number of piperazine rings is 1. The van der Waals surface area contributed by atoms with Gasteiger partial charge in [0.05, 0.1) is 12.2 Å². The van der Waals surface area contributed by atoms with Crippen molar-refractivity contribution in [3.63, 3.8) is 0 Å². The Morgan fingerprint density at radius 1 is 0.906 bits per heavy atom. The average molecular weight is 431 g/mol. The Bertz CT molecular complexity index is 1030. The van der Waals surface area contributed by atoms with Gasteiger partial charge in [0, 0.05) is 37.8 Å². The Balaban J connectivity index is 1.31. The van der Waals surface area contributed by atoms with Gasteiger partial charge in [-0.25, -0.2) is 9.67 Å². The average Bonchev–Trinajstić information content (AvgIpc) is 3.53. The summed E-state index contributed by atoms with van der Waals surface area (Å²) in [7, 11) is 0. The zero-order valence-electron chi connectivity index (χ0n) is 17.9. The SMILES string of the molecule is O=C(CN1CCN(C(=O)c2nc(-c3ccccc3)n(-c3ccccc3)n2)CC1)NC1CC1. The van der Waals surface area contributed by atoms with Crippen LogP contribution in [-0.4, -0.2) is 75.1 Å². The first-order valence-corrected chi connectivity index (χ1v) is 11.1. The number of nitrogens with one attached hydrogen (secondary N) is 1. The van der Waals surface area contributed by atoms with Crippen LogP contribution in [0.4, 0.5) is 0 Å². The van der Waals surface area contributed by atoms with Crippen LogP contribution in [-0.2, 0) is 4.79 Å². The molecule has 5 rings (SSSR count). The van der Waals surface area contributed by atoms with E-state index < -0.39 is 0 Å². The number of hydrogen-bond acceptors (Lipinski definition) is 5. The molecule has 1 saturated carbocycles. The summed E-state index contributed by atoms with van der Waals surface area (Å²) in [6, 6.07) is 19.8. The van der Waals surface area contributed by atoms with Crippen molar-refractivity contribution < 1.29 is 9.59 Å². The lowest BCUT2D eigenvalue weighted by atomic mass is 10.2. The molecule has 1 aliphatic carbocycles. The summed E-state index contributed by atoms with van der Waals surface area (Å²) in [4.78, 5) is 33.7. The first kappa shape index (κ1) is 20.4. The third-order valence-corrected chi connectivity index (χ3v) is 5.80. The van der Waals surface area contributed by atoms with Crippen LogP contribution in [0.3, 0.4) is 0 Å². The van der Waals surface area contributed by atoms with Crippen molar-refractivity contribution in [2.75, 3.05) is 32.7 Å². The van der Waals surface area contributed by atoms with Crippen LogP contribution < -0.4 is 5.32 Å². The Hall–Kier alpha value is -3.52. The zero-order chi connectivity index (χ0) is 21.9. The predicted molar refractivity (Wildman–Crippen MR) is 120 cm³/mol. The van der Waals surface area contributed by atoms with Crippen molar-refractivity contribution in [3.05, 3.63) is 66.5 Å². The molecular formula is C24H26N6O2. The highest BCUT2D eigenvalue weighted by Crippen LogP contribution is 2.22. The van der Waals surface area contributed by atoms with Crippen LogP contribution >= 0.6 is 0 Å². The van der Waals surface area contributed by atoms with E-state index in [1.807, 2.05) is 60.7 Å². The molecule has 164 valence electrons. The Morgan fingerprint density at radius 2 is 1.56 bits per heavy atom. The standard InChI is InChI=1S/C24H26N6O2/c31-21(25-19-11-12-19)17-28-13-15-29(16-14-28)24(32)22-26-23(18-7-3-1-4-8-18)30(27-22)20-9-5-2-6-10-20/h1-10,19H,11-17H2,(H,25,31). The quantitative estimate of drug-likeness (QED) is 0.647. The topological polar surface area (TPSA) is 83.4 Å². The van der Waals surface area contributed by atoms with Crippen LogP contribution in [0.2, 0.25) is 0 Å². The monoisotopic (exact) mass is 430 g/mol. The second-order valence-corrected chi connectivity index (χ2v) is 8.28. The molecule has 0 unspecified atom stereocenters. The normalized spacial score (nSPS) is 16.7. The number of carbonyl (C=O) groups is 2. The van der Waals surface area contributed by atoms with Crippen molar-refractivity contribution in [3.8, 4) is 17.1 Å². The number of benzene rings is 2. The van der Waals surface area contributed by atoms with E-state index in [2.05, 4.69) is 20.3 Å². The fourth-order valence-corrected chi connectivity index (χ4v) is 3.88. The highest BCUT2D eigenvalue weighted by Gasteiger charge is 2.28. The maximum Gasteiger partial charge on any atom is 0.293 e. The summed E-state index contributed by atoms with van der Waals surface area (Å²) in [5.74, 6) is 0.713. The number of aromatic nitrogens is 3. The molecule has 0 atom stereocenters. The van der Waals surface area contributed by atoms with E-state index in [9.17, 15) is 9.59 Å². The minimum Gasteiger partial charge on any atom is -0.352 e. The number of amides is 2. The third-order valence-electron chi connectivity index (χ3n) is 5.80. The fraction of sp³-hybridized carbons (Fsp3) is 0.333. The van der Waals surface area contributed by atoms with Crippen LogP contribution in [0, 0.1) is 0 Å². The Kier molecular flexibility index (Phi) is 5.68. The van der Waals surface area contributed by atoms with E-state index in [1.54, 1.807) is 9.58 Å². The molecule has 2 fully saturated rings. The molecule has 8 nitrogen and oxygen atoms in total. The largest absolute Gasteiger partial charge is 0.352 e. The van der Waals surface area contributed by atoms with E-state index >= 15 is 0 Å². The van der Waals surface area contributed by atoms with E-state index in [-0.39, 0.29) is 17.6 Å². The number of rotatable bonds is 6. The second-order valence-electron chi connectivity index (χ2n) is 8.28. The molecule has 1 aliphatic heterocycles. The van der Waals surface area contributed by atoms with Gasteiger partial charge in [-0.3, -0.25) is 14.5 Å². The van der Waals surface area contributed by atoms with Gasteiger partial charge < -0.3 is 10.2 Å². The maximum atomic E-state index is 13.2. The fourth-order valence-electron chi connectivity index (χ4n) is 3.88. The van der Waals surface area contributed by atoms with E-state index in [1.165, 1.54) is 0 Å². The smallest absolute Gasteiger partial charge is 0.293 e. The number of carbonyl (C=O) groups excluding carboxylic acids is 2. The van der Waals surface area contributed by atoms with Crippen molar-refractivity contribution >= 4 is 11.8 Å². The van der Waals surface area contributed by atoms with Gasteiger partial charge in [-0.2, -0.15) is 0 Å². The first-order valence-electron chi connectivity index (χ1n) is 11.1. The van der Waals surface area contributed by atoms with Gasteiger partial charge in [0.2, 0.25) is 11.7 Å². The highest BCUT2D eigenvalue weighted by molar-refractivity contribution is 5.91. The number of hydrogen-bond donors (Lipinski definition) is 1. The lowest BCUT2D eigenvalue weighted by molar-refractivity contribution is -0.122. The summed E-state index contributed by atoms with van der Waals surface area (Å²) in [6.45, 7) is 2.81. The van der Waals surface area contributed by atoms with Gasteiger partial charge in [-0.15, -0.1) is 5.10 Å². The first-order chi connectivity index (χ1) is 15.7. The molecule has 2 heterocycles. The maximum absolute atomic E-state index is 13.2. The summed E-state index contributed by atoms with van der Waals surface area (Å²) in [6.07, 6.45) is 2.17. The van der Waals surface area contributed by atoms with Crippen LogP contribution in [0.15, 0.2) is 60.7 Å². The second kappa shape index (κ2) is 8.92. The molecule has 2 aromatic carbocycles. The van der Waals surface area contributed by atoms with Crippen molar-refractivity contribution in [2.24, 2.45) is 0 Å². The molecule has 8 heteroatoms. The van der Waals surface area contributed by atoms with Crippen molar-refractivity contribution in [1.82, 2.24) is 29.9 Å². The lowest BCUT2D eigenvalue weighted by Crippen LogP contribution is -2.51. The third kappa shape index (κ3) is 4.55. The molecule has 0 bridgehead atoms. The Labute approximate surface area is 186 Å². The highest BCUT2D eigenvalue weighted by atomic mass is 16.2. The van der Waals surface area contributed by atoms with E-state index in [0.717, 1.165) is 24.1 Å². The molecule has 0 radical (unpaired) electrons. The van der Waals surface area contributed by atoms with Gasteiger partial charge >= 0.3 is 0 Å². The minimum atomic E-state index is -0.182. The zero-order valence-corrected chi connectivity index (χ0v) is 17.9. The molecule has 0 spiro atoms. The number of para-hydroxylation sites is 1. The lowest BCUT2D eigenvalue weighted by Gasteiger charge is -2.33. The summed E-state index contributed by atoms with van der Waals surface area (Å²) >= 11 is 0.